The number of benzene rings is 2. The average Bonchev–Trinajstić information content (AvgIpc) is 3.09. The van der Waals surface area contributed by atoms with E-state index in [4.69, 9.17) is 14.6 Å². The van der Waals surface area contributed by atoms with Crippen LogP contribution >= 0.6 is 0 Å². The van der Waals surface area contributed by atoms with Crippen LogP contribution in [-0.2, 0) is 6.54 Å². The molecular weight excluding hydrogens is 414 g/mol. The van der Waals surface area contributed by atoms with Crippen LogP contribution in [0, 0.1) is 0 Å². The van der Waals surface area contributed by atoms with Gasteiger partial charge < -0.3 is 24.3 Å². The molecule has 2 heterocycles. The molecule has 9 heteroatoms. The van der Waals surface area contributed by atoms with E-state index >= 15 is 0 Å². The number of nitrogens with one attached hydrogen (secondary N) is 1. The number of aromatic nitrogens is 2. The van der Waals surface area contributed by atoms with Gasteiger partial charge in [-0.15, -0.1) is 0 Å². The molecule has 2 N–H and O–H groups in total. The highest BCUT2D eigenvalue weighted by Gasteiger charge is 2.24. The smallest absolute Gasteiger partial charge is 0.493 e. The molecule has 32 heavy (non-hydrogen) atoms. The fourth-order valence-corrected chi connectivity index (χ4v) is 4.32. The topological polar surface area (TPSA) is 106 Å². The molecule has 3 aromatic rings. The first-order chi connectivity index (χ1) is 15.5. The Kier molecular flexibility index (Phi) is 6.36. The van der Waals surface area contributed by atoms with Crippen molar-refractivity contribution in [2.24, 2.45) is 0 Å². The standard InChI is InChI=1S/C23H27N3O6/c1-3-31-21-12-15(4-7-20(21)30-2)14-25-10-8-16(9-11-25)26-19-6-5-17(32-23(28)29)13-18(19)24-22(26)27/h4-7,12-13,16H,3,8-11,14H2,1-2H3,(H,24,27)(H,28,29). The predicted molar refractivity (Wildman–Crippen MR) is 119 cm³/mol. The average molecular weight is 441 g/mol. The second-order valence-electron chi connectivity index (χ2n) is 7.77. The first-order valence-electron chi connectivity index (χ1n) is 10.7. The number of hydrogen-bond acceptors (Lipinski definition) is 6. The summed E-state index contributed by atoms with van der Waals surface area (Å²) in [7, 11) is 1.63. The van der Waals surface area contributed by atoms with Crippen LogP contribution < -0.4 is 19.9 Å². The quantitative estimate of drug-likeness (QED) is 0.426. The summed E-state index contributed by atoms with van der Waals surface area (Å²) in [4.78, 5) is 28.5. The molecule has 4 rings (SSSR count). The van der Waals surface area contributed by atoms with Crippen molar-refractivity contribution in [3.63, 3.8) is 0 Å². The highest BCUT2D eigenvalue weighted by Crippen LogP contribution is 2.30. The molecule has 0 bridgehead atoms. The Morgan fingerprint density at radius 2 is 1.94 bits per heavy atom. The zero-order valence-electron chi connectivity index (χ0n) is 18.2. The van der Waals surface area contributed by atoms with Crippen molar-refractivity contribution in [2.75, 3.05) is 26.8 Å². The van der Waals surface area contributed by atoms with E-state index in [2.05, 4.69) is 14.6 Å². The minimum atomic E-state index is -1.39. The molecule has 0 amide bonds. The number of likely N-dealkylation sites (tertiary alicyclic amines) is 1. The highest BCUT2D eigenvalue weighted by molar-refractivity contribution is 5.78. The van der Waals surface area contributed by atoms with Gasteiger partial charge in [0.25, 0.3) is 0 Å². The Labute approximate surface area is 185 Å². The number of nitrogens with zero attached hydrogens (tertiary/aromatic N) is 2. The lowest BCUT2D eigenvalue weighted by Crippen LogP contribution is -2.36. The number of H-pyrrole nitrogens is 1. The number of piperidine rings is 1. The molecule has 0 aliphatic carbocycles. The summed E-state index contributed by atoms with van der Waals surface area (Å²) in [6, 6.07) is 10.9. The number of imidazole rings is 1. The summed E-state index contributed by atoms with van der Waals surface area (Å²) in [5.41, 5.74) is 2.28. The van der Waals surface area contributed by atoms with Gasteiger partial charge in [0.05, 0.1) is 24.8 Å². The molecule has 0 unspecified atom stereocenters. The Hall–Kier alpha value is -3.46. The molecule has 170 valence electrons. The number of aromatic amines is 1. The van der Waals surface area contributed by atoms with Gasteiger partial charge in [-0.1, -0.05) is 6.07 Å². The predicted octanol–water partition coefficient (Wildman–Crippen LogP) is 3.63. The van der Waals surface area contributed by atoms with Crippen molar-refractivity contribution in [1.29, 1.82) is 0 Å². The van der Waals surface area contributed by atoms with Gasteiger partial charge in [-0.25, -0.2) is 9.59 Å². The zero-order chi connectivity index (χ0) is 22.7. The zero-order valence-corrected chi connectivity index (χ0v) is 18.2. The maximum Gasteiger partial charge on any atom is 0.511 e. The van der Waals surface area contributed by atoms with Crippen molar-refractivity contribution in [2.45, 2.75) is 32.4 Å². The molecule has 2 aromatic carbocycles. The van der Waals surface area contributed by atoms with E-state index in [0.29, 0.717) is 12.1 Å². The minimum Gasteiger partial charge on any atom is -0.493 e. The summed E-state index contributed by atoms with van der Waals surface area (Å²) in [5.74, 6) is 1.66. The molecule has 1 aliphatic heterocycles. The summed E-state index contributed by atoms with van der Waals surface area (Å²) >= 11 is 0. The van der Waals surface area contributed by atoms with Gasteiger partial charge in [-0.3, -0.25) is 9.47 Å². The molecule has 1 aliphatic rings. The maximum absolute atomic E-state index is 12.6. The third kappa shape index (κ3) is 4.57. The number of hydrogen-bond donors (Lipinski definition) is 2. The molecule has 0 spiro atoms. The highest BCUT2D eigenvalue weighted by atomic mass is 16.7. The van der Waals surface area contributed by atoms with Crippen LogP contribution in [-0.4, -0.2) is 52.5 Å². The van der Waals surface area contributed by atoms with Crippen molar-refractivity contribution < 1.29 is 24.1 Å². The monoisotopic (exact) mass is 441 g/mol. The molecular formula is C23H27N3O6. The van der Waals surface area contributed by atoms with Crippen LogP contribution in [0.2, 0.25) is 0 Å². The lowest BCUT2D eigenvalue weighted by atomic mass is 10.0. The molecule has 1 saturated heterocycles. The third-order valence-corrected chi connectivity index (χ3v) is 5.75. The van der Waals surface area contributed by atoms with Crippen LogP contribution in [0.5, 0.6) is 17.2 Å². The van der Waals surface area contributed by atoms with Gasteiger partial charge in [-0.2, -0.15) is 0 Å². The SMILES string of the molecule is CCOc1cc(CN2CCC(n3c(=O)[nH]c4cc(OC(=O)O)ccc43)CC2)ccc1OC. The molecule has 9 nitrogen and oxygen atoms in total. The summed E-state index contributed by atoms with van der Waals surface area (Å²) in [6.07, 6.45) is 0.299. The number of rotatable bonds is 7. The van der Waals surface area contributed by atoms with Crippen molar-refractivity contribution in [3.8, 4) is 17.2 Å². The molecule has 1 aromatic heterocycles. The number of methoxy groups -OCH3 is 1. The first kappa shape index (κ1) is 21.8. The Bertz CT molecular complexity index is 1160. The van der Waals surface area contributed by atoms with Crippen molar-refractivity contribution >= 4 is 17.2 Å². The van der Waals surface area contributed by atoms with Gasteiger partial charge in [0.1, 0.15) is 5.75 Å². The third-order valence-electron chi connectivity index (χ3n) is 5.75. The van der Waals surface area contributed by atoms with Gasteiger partial charge in [0.15, 0.2) is 11.5 Å². The second-order valence-corrected chi connectivity index (χ2v) is 7.77. The van der Waals surface area contributed by atoms with Crippen LogP contribution in [0.3, 0.4) is 0 Å². The fraction of sp³-hybridized carbons (Fsp3) is 0.391. The van der Waals surface area contributed by atoms with E-state index < -0.39 is 6.16 Å². The first-order valence-corrected chi connectivity index (χ1v) is 10.7. The largest absolute Gasteiger partial charge is 0.511 e. The number of carboxylic acid groups (broad SMARTS) is 1. The van der Waals surface area contributed by atoms with E-state index in [1.54, 1.807) is 23.8 Å². The van der Waals surface area contributed by atoms with Gasteiger partial charge >= 0.3 is 11.8 Å². The Morgan fingerprint density at radius 3 is 2.62 bits per heavy atom. The van der Waals surface area contributed by atoms with Crippen molar-refractivity contribution in [1.82, 2.24) is 14.5 Å². The van der Waals surface area contributed by atoms with Gasteiger partial charge in [-0.05, 0) is 49.6 Å². The Morgan fingerprint density at radius 1 is 1.16 bits per heavy atom. The summed E-state index contributed by atoms with van der Waals surface area (Å²) in [6.45, 7) is 5.05. The normalized spacial score (nSPS) is 15.1. The Balaban J connectivity index is 1.44. The number of carbonyl (C=O) groups is 1. The molecule has 0 atom stereocenters. The van der Waals surface area contributed by atoms with Crippen LogP contribution in [0.15, 0.2) is 41.2 Å². The molecule has 0 saturated carbocycles. The number of ether oxygens (including phenoxy) is 3. The molecule has 0 radical (unpaired) electrons. The maximum atomic E-state index is 12.6. The van der Waals surface area contributed by atoms with E-state index in [1.807, 2.05) is 25.1 Å². The summed E-state index contributed by atoms with van der Waals surface area (Å²) < 4.78 is 17.5. The van der Waals surface area contributed by atoms with E-state index in [9.17, 15) is 9.59 Å². The minimum absolute atomic E-state index is 0.0774. The van der Waals surface area contributed by atoms with Crippen LogP contribution in [0.25, 0.3) is 11.0 Å². The van der Waals surface area contributed by atoms with Gasteiger partial charge in [0.2, 0.25) is 0 Å². The van der Waals surface area contributed by atoms with Gasteiger partial charge in [0, 0.05) is 31.7 Å². The van der Waals surface area contributed by atoms with Crippen molar-refractivity contribution in [3.05, 3.63) is 52.4 Å². The fourth-order valence-electron chi connectivity index (χ4n) is 4.32. The van der Waals surface area contributed by atoms with Crippen LogP contribution in [0.4, 0.5) is 4.79 Å². The van der Waals surface area contributed by atoms with E-state index in [0.717, 1.165) is 55.1 Å². The number of fused-ring (bicyclic) bond motifs is 1. The molecule has 1 fully saturated rings. The van der Waals surface area contributed by atoms with Crippen LogP contribution in [0.1, 0.15) is 31.4 Å². The lowest BCUT2D eigenvalue weighted by Gasteiger charge is -2.32. The second kappa shape index (κ2) is 9.35. The summed E-state index contributed by atoms with van der Waals surface area (Å²) in [5, 5.41) is 8.78. The lowest BCUT2D eigenvalue weighted by molar-refractivity contribution is 0.144. The van der Waals surface area contributed by atoms with E-state index in [-0.39, 0.29) is 17.5 Å². The van der Waals surface area contributed by atoms with E-state index in [1.165, 1.54) is 6.07 Å².